The number of anilines is 1. The number of nitrogens with one attached hydrogen (secondary N) is 1. The van der Waals surface area contributed by atoms with Crippen LogP contribution in [0.1, 0.15) is 33.6 Å². The first-order valence-electron chi connectivity index (χ1n) is 8.15. The number of carbonyl (C=O) groups is 2. The molecule has 146 valence electrons. The van der Waals surface area contributed by atoms with Crippen LogP contribution in [0.3, 0.4) is 0 Å². The second kappa shape index (κ2) is 7.35. The number of ether oxygens (including phenoxy) is 1. The van der Waals surface area contributed by atoms with E-state index in [0.29, 0.717) is 5.69 Å². The Morgan fingerprint density at radius 1 is 1.18 bits per heavy atom. The van der Waals surface area contributed by atoms with Crippen LogP contribution in [0.25, 0.3) is 5.78 Å². The normalized spacial score (nSPS) is 12.5. The third-order valence-electron chi connectivity index (χ3n) is 3.74. The van der Waals surface area contributed by atoms with Crippen molar-refractivity contribution in [3.8, 4) is 0 Å². The molecule has 0 saturated carbocycles. The van der Waals surface area contributed by atoms with Crippen LogP contribution < -0.4 is 4.72 Å². The van der Waals surface area contributed by atoms with Crippen LogP contribution in [0.2, 0.25) is 0 Å². The Morgan fingerprint density at radius 2 is 1.86 bits per heavy atom. The summed E-state index contributed by atoms with van der Waals surface area (Å²) in [6.45, 7) is 3.22. The predicted molar refractivity (Wildman–Crippen MR) is 99.6 cm³/mol. The van der Waals surface area contributed by atoms with Gasteiger partial charge in [0.25, 0.3) is 11.6 Å². The van der Waals surface area contributed by atoms with Gasteiger partial charge in [0.1, 0.15) is 0 Å². The average Bonchev–Trinajstić information content (AvgIpc) is 3.06. The maximum Gasteiger partial charge on any atom is 0.379 e. The lowest BCUT2D eigenvalue weighted by atomic mass is 10.1. The standard InChI is InChI=1S/C17H17N5O5S/c1-10-8-9-18-17-19-15(20-22(10)17)16(24)27-11(2)14(23)12-4-6-13(7-5-12)21-28(3,25)26/h4-9,11,21H,1-3H3. The number of hydrogen-bond donors (Lipinski definition) is 1. The minimum absolute atomic E-state index is 0.200. The topological polar surface area (TPSA) is 133 Å². The highest BCUT2D eigenvalue weighted by atomic mass is 32.2. The highest BCUT2D eigenvalue weighted by molar-refractivity contribution is 7.92. The molecule has 3 rings (SSSR count). The Balaban J connectivity index is 1.70. The molecule has 0 spiro atoms. The zero-order valence-electron chi connectivity index (χ0n) is 15.3. The van der Waals surface area contributed by atoms with Gasteiger partial charge in [-0.05, 0) is 44.2 Å². The molecular weight excluding hydrogens is 386 g/mol. The first-order valence-corrected chi connectivity index (χ1v) is 10.0. The van der Waals surface area contributed by atoms with E-state index in [1.165, 1.54) is 35.7 Å². The molecule has 0 radical (unpaired) electrons. The molecule has 1 aromatic carbocycles. The Kier molecular flexibility index (Phi) is 5.10. The summed E-state index contributed by atoms with van der Waals surface area (Å²) in [6.07, 6.45) is 1.49. The molecule has 10 nitrogen and oxygen atoms in total. The van der Waals surface area contributed by atoms with Gasteiger partial charge in [-0.25, -0.2) is 22.7 Å². The Bertz CT molecular complexity index is 1150. The number of ketones is 1. The number of nitrogens with zero attached hydrogens (tertiary/aromatic N) is 4. The second-order valence-electron chi connectivity index (χ2n) is 6.10. The van der Waals surface area contributed by atoms with E-state index in [2.05, 4.69) is 19.8 Å². The third-order valence-corrected chi connectivity index (χ3v) is 4.34. The molecule has 3 aromatic rings. The van der Waals surface area contributed by atoms with E-state index in [1.807, 2.05) is 0 Å². The van der Waals surface area contributed by atoms with Gasteiger partial charge in [0.15, 0.2) is 6.10 Å². The summed E-state index contributed by atoms with van der Waals surface area (Å²) in [4.78, 5) is 32.7. The minimum Gasteiger partial charge on any atom is -0.448 e. The molecule has 0 amide bonds. The van der Waals surface area contributed by atoms with Gasteiger partial charge in [-0.2, -0.15) is 4.98 Å². The molecule has 11 heteroatoms. The molecule has 0 saturated heterocycles. The third kappa shape index (κ3) is 4.31. The van der Waals surface area contributed by atoms with Crippen molar-refractivity contribution >= 4 is 33.2 Å². The van der Waals surface area contributed by atoms with E-state index >= 15 is 0 Å². The lowest BCUT2D eigenvalue weighted by molar-refractivity contribution is 0.0307. The van der Waals surface area contributed by atoms with Crippen molar-refractivity contribution in [2.24, 2.45) is 0 Å². The average molecular weight is 403 g/mol. The van der Waals surface area contributed by atoms with Gasteiger partial charge in [-0.15, -0.1) is 5.10 Å². The van der Waals surface area contributed by atoms with E-state index in [0.717, 1.165) is 11.9 Å². The van der Waals surface area contributed by atoms with Crippen LogP contribution in [-0.2, 0) is 14.8 Å². The molecule has 2 heterocycles. The fourth-order valence-corrected chi connectivity index (χ4v) is 2.98. The fourth-order valence-electron chi connectivity index (χ4n) is 2.41. The smallest absolute Gasteiger partial charge is 0.379 e. The first-order chi connectivity index (χ1) is 13.1. The number of hydrogen-bond acceptors (Lipinski definition) is 8. The van der Waals surface area contributed by atoms with Crippen LogP contribution in [-0.4, -0.2) is 52.1 Å². The Labute approximate surface area is 160 Å². The van der Waals surface area contributed by atoms with Gasteiger partial charge in [-0.1, -0.05) is 0 Å². The molecule has 0 aliphatic carbocycles. The summed E-state index contributed by atoms with van der Waals surface area (Å²) in [5, 5.41) is 4.04. The summed E-state index contributed by atoms with van der Waals surface area (Å²) in [6, 6.07) is 7.49. The molecule has 0 aliphatic heterocycles. The summed E-state index contributed by atoms with van der Waals surface area (Å²) in [7, 11) is -3.41. The molecule has 1 N–H and O–H groups in total. The van der Waals surface area contributed by atoms with E-state index in [9.17, 15) is 18.0 Å². The zero-order valence-corrected chi connectivity index (χ0v) is 16.1. The van der Waals surface area contributed by atoms with E-state index in [4.69, 9.17) is 4.74 Å². The number of aromatic nitrogens is 4. The number of rotatable bonds is 6. The van der Waals surface area contributed by atoms with Gasteiger partial charge < -0.3 is 4.74 Å². The number of carbonyl (C=O) groups excluding carboxylic acids is 2. The lowest BCUT2D eigenvalue weighted by Crippen LogP contribution is -2.25. The van der Waals surface area contributed by atoms with Gasteiger partial charge in [0, 0.05) is 23.1 Å². The number of benzene rings is 1. The Morgan fingerprint density at radius 3 is 2.46 bits per heavy atom. The monoisotopic (exact) mass is 403 g/mol. The van der Waals surface area contributed by atoms with Crippen molar-refractivity contribution in [2.45, 2.75) is 20.0 Å². The van der Waals surface area contributed by atoms with Crippen LogP contribution in [0, 0.1) is 6.92 Å². The quantitative estimate of drug-likeness (QED) is 0.480. The maximum atomic E-state index is 12.5. The lowest BCUT2D eigenvalue weighted by Gasteiger charge is -2.11. The van der Waals surface area contributed by atoms with Crippen molar-refractivity contribution < 1.29 is 22.7 Å². The second-order valence-corrected chi connectivity index (χ2v) is 7.85. The van der Waals surface area contributed by atoms with Gasteiger partial charge >= 0.3 is 5.97 Å². The number of fused-ring (bicyclic) bond motifs is 1. The molecule has 0 bridgehead atoms. The largest absolute Gasteiger partial charge is 0.448 e. The van der Waals surface area contributed by atoms with Crippen LogP contribution in [0.4, 0.5) is 5.69 Å². The van der Waals surface area contributed by atoms with Gasteiger partial charge in [0.2, 0.25) is 15.8 Å². The number of aryl methyl sites for hydroxylation is 1. The van der Waals surface area contributed by atoms with Crippen molar-refractivity contribution in [1.29, 1.82) is 0 Å². The molecule has 0 fully saturated rings. The van der Waals surface area contributed by atoms with E-state index in [1.54, 1.807) is 19.2 Å². The van der Waals surface area contributed by atoms with Crippen LogP contribution in [0.15, 0.2) is 36.5 Å². The minimum atomic E-state index is -3.41. The highest BCUT2D eigenvalue weighted by Gasteiger charge is 2.23. The fraction of sp³-hybridized carbons (Fsp3) is 0.235. The van der Waals surface area contributed by atoms with Crippen molar-refractivity contribution in [3.05, 3.63) is 53.6 Å². The molecule has 28 heavy (non-hydrogen) atoms. The number of sulfonamides is 1. The highest BCUT2D eigenvalue weighted by Crippen LogP contribution is 2.14. The summed E-state index contributed by atoms with van der Waals surface area (Å²) < 4.78 is 31.3. The van der Waals surface area contributed by atoms with Gasteiger partial charge in [0.05, 0.1) is 6.26 Å². The number of Topliss-reactive ketones (excluding diaryl/α,β-unsaturated/α-hetero) is 1. The molecule has 0 aliphatic rings. The summed E-state index contributed by atoms with van der Waals surface area (Å²) in [5.74, 6) is -1.24. The molecular formula is C17H17N5O5S. The van der Waals surface area contributed by atoms with Crippen molar-refractivity contribution in [3.63, 3.8) is 0 Å². The van der Waals surface area contributed by atoms with E-state index in [-0.39, 0.29) is 17.2 Å². The number of esters is 1. The predicted octanol–water partition coefficient (Wildman–Crippen LogP) is 1.23. The van der Waals surface area contributed by atoms with Gasteiger partial charge in [-0.3, -0.25) is 9.52 Å². The van der Waals surface area contributed by atoms with E-state index < -0.39 is 27.9 Å². The van der Waals surface area contributed by atoms with Crippen LogP contribution in [0.5, 0.6) is 0 Å². The molecule has 1 atom stereocenters. The van der Waals surface area contributed by atoms with Crippen LogP contribution >= 0.6 is 0 Å². The molecule has 2 aromatic heterocycles. The summed E-state index contributed by atoms with van der Waals surface area (Å²) in [5.41, 5.74) is 1.32. The molecule has 1 unspecified atom stereocenters. The Hall–Kier alpha value is -3.34. The van der Waals surface area contributed by atoms with Crippen molar-refractivity contribution in [1.82, 2.24) is 19.6 Å². The summed E-state index contributed by atoms with van der Waals surface area (Å²) >= 11 is 0. The van der Waals surface area contributed by atoms with Crippen molar-refractivity contribution in [2.75, 3.05) is 11.0 Å². The maximum absolute atomic E-state index is 12.5. The SMILES string of the molecule is Cc1ccnc2nc(C(=O)OC(C)C(=O)c3ccc(NS(C)(=O)=O)cc3)nn12. The first kappa shape index (κ1) is 19.4. The zero-order chi connectivity index (χ0) is 20.5.